The highest BCUT2D eigenvalue weighted by Gasteiger charge is 2.16. The number of carbonyl (C=O) groups is 1. The van der Waals surface area contributed by atoms with Crippen LogP contribution in [0.2, 0.25) is 25.7 Å². The fraction of sp³-hybridized carbons (Fsp3) is 0.611. The van der Waals surface area contributed by atoms with Gasteiger partial charge in [0, 0.05) is 33.5 Å². The molecule has 0 aliphatic carbocycles. The van der Waals surface area contributed by atoms with Crippen LogP contribution in [0.25, 0.3) is 11.2 Å². The second-order valence-electron chi connectivity index (χ2n) is 8.24. The van der Waals surface area contributed by atoms with E-state index in [9.17, 15) is 4.79 Å². The second-order valence-corrected chi connectivity index (χ2v) is 13.9. The summed E-state index contributed by atoms with van der Waals surface area (Å²) in [4.78, 5) is 21.1. The third-order valence-corrected chi connectivity index (χ3v) is 6.27. The quantitative estimate of drug-likeness (QED) is 0.499. The highest BCUT2D eigenvalue weighted by atomic mass is 28.3. The molecule has 2 aromatic heterocycles. The van der Waals surface area contributed by atoms with Gasteiger partial charge in [-0.15, -0.1) is 0 Å². The molecular formula is C18H30N6O2Si. The third kappa shape index (κ3) is 6.01. The standard InChI is InChI=1S/C18H30N6O2Si/c1-27(2,3)10-9-26-13-24-8-6-15-17(24)20-12-16(22-15)23-18(25)21-14-5-4-7-19-11-14/h6,8,12,14,19H,4-5,7,9-11,13H2,1-3H3,(H2,21,22,23,25). The van der Waals surface area contributed by atoms with Crippen LogP contribution in [-0.4, -0.2) is 54.4 Å². The smallest absolute Gasteiger partial charge is 0.320 e. The van der Waals surface area contributed by atoms with Gasteiger partial charge in [-0.25, -0.2) is 14.8 Å². The minimum atomic E-state index is -1.08. The number of nitrogens with one attached hydrogen (secondary N) is 3. The molecule has 1 fully saturated rings. The predicted octanol–water partition coefficient (Wildman–Crippen LogP) is 2.62. The summed E-state index contributed by atoms with van der Waals surface area (Å²) in [6.45, 7) is 10.1. The van der Waals surface area contributed by atoms with Crippen molar-refractivity contribution in [3.8, 4) is 0 Å². The first-order chi connectivity index (χ1) is 12.9. The maximum Gasteiger partial charge on any atom is 0.320 e. The summed E-state index contributed by atoms with van der Waals surface area (Å²) in [6, 6.07) is 2.94. The number of hydrogen-bond donors (Lipinski definition) is 3. The van der Waals surface area contributed by atoms with Crippen LogP contribution < -0.4 is 16.0 Å². The molecule has 0 spiro atoms. The fourth-order valence-electron chi connectivity index (χ4n) is 2.98. The van der Waals surface area contributed by atoms with Gasteiger partial charge in [0.15, 0.2) is 11.5 Å². The van der Waals surface area contributed by atoms with Crippen LogP contribution >= 0.6 is 0 Å². The van der Waals surface area contributed by atoms with Crippen molar-refractivity contribution < 1.29 is 9.53 Å². The average Bonchev–Trinajstić information content (AvgIpc) is 3.01. The molecule has 27 heavy (non-hydrogen) atoms. The molecule has 8 nitrogen and oxygen atoms in total. The van der Waals surface area contributed by atoms with Crippen molar-refractivity contribution >= 4 is 31.1 Å². The van der Waals surface area contributed by atoms with Crippen LogP contribution in [0.15, 0.2) is 18.5 Å². The van der Waals surface area contributed by atoms with Crippen LogP contribution in [0.4, 0.5) is 10.6 Å². The molecule has 1 unspecified atom stereocenters. The maximum atomic E-state index is 12.1. The van der Waals surface area contributed by atoms with Gasteiger partial charge in [0.25, 0.3) is 0 Å². The molecular weight excluding hydrogens is 360 g/mol. The van der Waals surface area contributed by atoms with Gasteiger partial charge in [-0.05, 0) is 31.5 Å². The number of amides is 2. The van der Waals surface area contributed by atoms with E-state index in [1.807, 2.05) is 16.8 Å². The number of rotatable bonds is 7. The number of piperidine rings is 1. The lowest BCUT2D eigenvalue weighted by Crippen LogP contribution is -2.47. The predicted molar refractivity (Wildman–Crippen MR) is 110 cm³/mol. The third-order valence-electron chi connectivity index (χ3n) is 4.56. The number of fused-ring (bicyclic) bond motifs is 1. The highest BCUT2D eigenvalue weighted by Crippen LogP contribution is 2.15. The molecule has 1 atom stereocenters. The molecule has 9 heteroatoms. The van der Waals surface area contributed by atoms with Crippen molar-refractivity contribution in [3.05, 3.63) is 18.5 Å². The van der Waals surface area contributed by atoms with Gasteiger partial charge in [0.2, 0.25) is 0 Å². The van der Waals surface area contributed by atoms with E-state index in [1.165, 1.54) is 0 Å². The van der Waals surface area contributed by atoms with Gasteiger partial charge in [-0.3, -0.25) is 5.32 Å². The van der Waals surface area contributed by atoms with E-state index in [2.05, 4.69) is 45.6 Å². The molecule has 2 aromatic rings. The van der Waals surface area contributed by atoms with E-state index in [-0.39, 0.29) is 12.1 Å². The maximum absolute atomic E-state index is 12.1. The van der Waals surface area contributed by atoms with E-state index in [0.29, 0.717) is 12.5 Å². The Labute approximate surface area is 161 Å². The molecule has 1 aliphatic heterocycles. The van der Waals surface area contributed by atoms with Crippen LogP contribution in [0.1, 0.15) is 12.8 Å². The number of carbonyl (C=O) groups excluding carboxylic acids is 1. The lowest BCUT2D eigenvalue weighted by Gasteiger charge is -2.23. The zero-order chi connectivity index (χ0) is 19.3. The lowest BCUT2D eigenvalue weighted by atomic mass is 10.1. The Kier molecular flexibility index (Phi) is 6.45. The molecule has 0 radical (unpaired) electrons. The SMILES string of the molecule is C[Si](C)(C)CCOCn1ccc2nc(NC(=O)NC3CCCNC3)cnc21. The van der Waals surface area contributed by atoms with E-state index in [1.54, 1.807) is 6.20 Å². The molecule has 2 amide bonds. The molecule has 3 heterocycles. The Morgan fingerprint density at radius 1 is 1.44 bits per heavy atom. The Morgan fingerprint density at radius 2 is 2.30 bits per heavy atom. The van der Waals surface area contributed by atoms with Crippen molar-refractivity contribution in [1.82, 2.24) is 25.2 Å². The molecule has 1 saturated heterocycles. The Bertz CT molecular complexity index is 767. The van der Waals surface area contributed by atoms with Crippen molar-refractivity contribution in [2.75, 3.05) is 25.0 Å². The number of nitrogens with zero attached hydrogens (tertiary/aromatic N) is 3. The number of ether oxygens (including phenoxy) is 1. The first-order valence-electron chi connectivity index (χ1n) is 9.59. The number of urea groups is 1. The minimum Gasteiger partial charge on any atom is -0.361 e. The summed E-state index contributed by atoms with van der Waals surface area (Å²) in [5.74, 6) is 0.446. The lowest BCUT2D eigenvalue weighted by molar-refractivity contribution is 0.0899. The van der Waals surface area contributed by atoms with Crippen molar-refractivity contribution in [2.24, 2.45) is 0 Å². The number of anilines is 1. The molecule has 0 bridgehead atoms. The minimum absolute atomic E-state index is 0.157. The van der Waals surface area contributed by atoms with E-state index < -0.39 is 8.07 Å². The van der Waals surface area contributed by atoms with Gasteiger partial charge in [-0.2, -0.15) is 0 Å². The van der Waals surface area contributed by atoms with E-state index in [4.69, 9.17) is 4.74 Å². The summed E-state index contributed by atoms with van der Waals surface area (Å²) < 4.78 is 7.72. The first kappa shape index (κ1) is 19.8. The summed E-state index contributed by atoms with van der Waals surface area (Å²) >= 11 is 0. The van der Waals surface area contributed by atoms with Crippen molar-refractivity contribution in [1.29, 1.82) is 0 Å². The monoisotopic (exact) mass is 390 g/mol. The summed E-state index contributed by atoms with van der Waals surface area (Å²) in [5, 5.41) is 9.01. The van der Waals surface area contributed by atoms with Gasteiger partial charge in [0.1, 0.15) is 12.2 Å². The fourth-order valence-corrected chi connectivity index (χ4v) is 3.74. The molecule has 148 valence electrons. The van der Waals surface area contributed by atoms with Gasteiger partial charge in [0.05, 0.1) is 6.20 Å². The second kappa shape index (κ2) is 8.81. The normalized spacial score (nSPS) is 17.8. The number of aromatic nitrogens is 3. The van der Waals surface area contributed by atoms with Crippen LogP contribution in [0.5, 0.6) is 0 Å². The van der Waals surface area contributed by atoms with Gasteiger partial charge in [-0.1, -0.05) is 19.6 Å². The number of hydrogen-bond acceptors (Lipinski definition) is 5. The molecule has 0 aromatic carbocycles. The summed E-state index contributed by atoms with van der Waals surface area (Å²) in [6.07, 6.45) is 5.56. The molecule has 3 N–H and O–H groups in total. The topological polar surface area (TPSA) is 93.1 Å². The van der Waals surface area contributed by atoms with Crippen LogP contribution in [0, 0.1) is 0 Å². The van der Waals surface area contributed by atoms with E-state index >= 15 is 0 Å². The zero-order valence-corrected chi connectivity index (χ0v) is 17.4. The molecule has 0 saturated carbocycles. The zero-order valence-electron chi connectivity index (χ0n) is 16.4. The Hall–Kier alpha value is -1.97. The Balaban J connectivity index is 1.54. The average molecular weight is 391 g/mol. The largest absolute Gasteiger partial charge is 0.361 e. The highest BCUT2D eigenvalue weighted by molar-refractivity contribution is 6.76. The van der Waals surface area contributed by atoms with Gasteiger partial charge >= 0.3 is 6.03 Å². The molecule has 1 aliphatic rings. The van der Waals surface area contributed by atoms with Gasteiger partial charge < -0.3 is 19.9 Å². The van der Waals surface area contributed by atoms with Crippen molar-refractivity contribution in [2.45, 2.75) is 51.3 Å². The van der Waals surface area contributed by atoms with Crippen molar-refractivity contribution in [3.63, 3.8) is 0 Å². The summed E-state index contributed by atoms with van der Waals surface area (Å²) in [7, 11) is -1.08. The van der Waals surface area contributed by atoms with E-state index in [0.717, 1.165) is 49.7 Å². The first-order valence-corrected chi connectivity index (χ1v) is 13.3. The summed E-state index contributed by atoms with van der Waals surface area (Å²) in [5.41, 5.74) is 1.49. The molecule has 3 rings (SSSR count). The van der Waals surface area contributed by atoms with Crippen LogP contribution in [-0.2, 0) is 11.5 Å². The van der Waals surface area contributed by atoms with Crippen LogP contribution in [0.3, 0.4) is 0 Å². The Morgan fingerprint density at radius 3 is 3.04 bits per heavy atom.